The van der Waals surface area contributed by atoms with Gasteiger partial charge in [0.05, 0.1) is 4.92 Å². The number of aryl methyl sites for hydroxylation is 1. The Labute approximate surface area is 167 Å². The summed E-state index contributed by atoms with van der Waals surface area (Å²) in [5, 5.41) is 14.0. The Morgan fingerprint density at radius 3 is 2.76 bits per heavy atom. The van der Waals surface area contributed by atoms with Gasteiger partial charge in [-0.1, -0.05) is 18.2 Å². The molecular weight excluding hydrogens is 372 g/mol. The van der Waals surface area contributed by atoms with E-state index in [0.717, 1.165) is 37.0 Å². The summed E-state index contributed by atoms with van der Waals surface area (Å²) in [5.74, 6) is 0.0643. The Morgan fingerprint density at radius 2 is 2.03 bits per heavy atom. The van der Waals surface area contributed by atoms with E-state index in [9.17, 15) is 14.9 Å². The standard InChI is InChI=1S/C21H22N4O4/c1-14-6-7-16(12-18(14)25(27)28)20(26)22-13-15-8-10-24(11-9-15)21-23-17-4-2-3-5-19(17)29-21/h2-7,12,15H,8-11,13H2,1H3,(H,22,26). The van der Waals surface area contributed by atoms with Crippen molar-refractivity contribution in [3.8, 4) is 0 Å². The summed E-state index contributed by atoms with van der Waals surface area (Å²) in [7, 11) is 0. The van der Waals surface area contributed by atoms with Crippen molar-refractivity contribution in [2.24, 2.45) is 5.92 Å². The van der Waals surface area contributed by atoms with Gasteiger partial charge in [0.2, 0.25) is 0 Å². The van der Waals surface area contributed by atoms with Crippen molar-refractivity contribution in [1.82, 2.24) is 10.3 Å². The minimum absolute atomic E-state index is 0.0377. The van der Waals surface area contributed by atoms with Gasteiger partial charge in [-0.3, -0.25) is 14.9 Å². The van der Waals surface area contributed by atoms with Gasteiger partial charge in [-0.15, -0.1) is 0 Å². The lowest BCUT2D eigenvalue weighted by atomic mass is 9.97. The van der Waals surface area contributed by atoms with Gasteiger partial charge in [-0.25, -0.2) is 0 Å². The molecule has 1 fully saturated rings. The van der Waals surface area contributed by atoms with Crippen LogP contribution in [-0.2, 0) is 0 Å². The number of nitrogens with zero attached hydrogens (tertiary/aromatic N) is 3. The van der Waals surface area contributed by atoms with Gasteiger partial charge in [0.1, 0.15) is 5.52 Å². The van der Waals surface area contributed by atoms with Crippen LogP contribution in [0.3, 0.4) is 0 Å². The normalized spacial score (nSPS) is 14.9. The van der Waals surface area contributed by atoms with Gasteiger partial charge in [-0.05, 0) is 43.9 Å². The molecule has 0 radical (unpaired) electrons. The molecule has 8 nitrogen and oxygen atoms in total. The van der Waals surface area contributed by atoms with E-state index in [-0.39, 0.29) is 11.6 Å². The average molecular weight is 394 g/mol. The molecule has 8 heteroatoms. The smallest absolute Gasteiger partial charge is 0.298 e. The molecule has 4 rings (SSSR count). The quantitative estimate of drug-likeness (QED) is 0.523. The number of piperidine rings is 1. The maximum atomic E-state index is 12.4. The van der Waals surface area contributed by atoms with Crippen LogP contribution in [0.4, 0.5) is 11.7 Å². The monoisotopic (exact) mass is 394 g/mol. The van der Waals surface area contributed by atoms with Crippen LogP contribution in [0.5, 0.6) is 0 Å². The first-order valence-electron chi connectivity index (χ1n) is 9.65. The van der Waals surface area contributed by atoms with Crippen LogP contribution < -0.4 is 10.2 Å². The Hall–Kier alpha value is -3.42. The number of oxazole rings is 1. The number of nitro benzene ring substituents is 1. The first-order chi connectivity index (χ1) is 14.0. The number of carbonyl (C=O) groups is 1. The molecule has 150 valence electrons. The van der Waals surface area contributed by atoms with Crippen molar-refractivity contribution in [3.05, 3.63) is 63.7 Å². The summed E-state index contributed by atoms with van der Waals surface area (Å²) in [6.07, 6.45) is 1.82. The summed E-state index contributed by atoms with van der Waals surface area (Å²) in [6, 6.07) is 12.9. The lowest BCUT2D eigenvalue weighted by Gasteiger charge is -2.30. The summed E-state index contributed by atoms with van der Waals surface area (Å²) in [4.78, 5) is 29.7. The molecule has 0 spiro atoms. The van der Waals surface area contributed by atoms with Gasteiger partial charge in [0, 0.05) is 36.8 Å². The largest absolute Gasteiger partial charge is 0.423 e. The topological polar surface area (TPSA) is 102 Å². The van der Waals surface area contributed by atoms with Crippen molar-refractivity contribution >= 4 is 28.7 Å². The summed E-state index contributed by atoms with van der Waals surface area (Å²) in [6.45, 7) is 3.82. The van der Waals surface area contributed by atoms with Gasteiger partial charge >= 0.3 is 0 Å². The second kappa shape index (κ2) is 7.90. The van der Waals surface area contributed by atoms with E-state index in [0.29, 0.717) is 29.6 Å². The number of nitro groups is 1. The van der Waals surface area contributed by atoms with Crippen molar-refractivity contribution in [1.29, 1.82) is 0 Å². The van der Waals surface area contributed by atoms with E-state index in [1.807, 2.05) is 24.3 Å². The van der Waals surface area contributed by atoms with E-state index < -0.39 is 4.92 Å². The molecule has 1 aliphatic heterocycles. The van der Waals surface area contributed by atoms with Crippen LogP contribution in [0.1, 0.15) is 28.8 Å². The minimum Gasteiger partial charge on any atom is -0.423 e. The fourth-order valence-electron chi connectivity index (χ4n) is 3.61. The van der Waals surface area contributed by atoms with Gasteiger partial charge < -0.3 is 14.6 Å². The maximum Gasteiger partial charge on any atom is 0.298 e. The molecule has 0 aliphatic carbocycles. The number of amides is 1. The molecule has 1 N–H and O–H groups in total. The molecule has 1 aromatic heterocycles. The molecule has 2 heterocycles. The lowest BCUT2D eigenvalue weighted by molar-refractivity contribution is -0.385. The van der Waals surface area contributed by atoms with E-state index in [1.54, 1.807) is 19.1 Å². The van der Waals surface area contributed by atoms with Crippen molar-refractivity contribution in [3.63, 3.8) is 0 Å². The van der Waals surface area contributed by atoms with E-state index in [2.05, 4.69) is 15.2 Å². The molecule has 2 aromatic carbocycles. The number of fused-ring (bicyclic) bond motifs is 1. The first-order valence-corrected chi connectivity index (χ1v) is 9.65. The van der Waals surface area contributed by atoms with Crippen molar-refractivity contribution < 1.29 is 14.1 Å². The Kier molecular flexibility index (Phi) is 5.16. The highest BCUT2D eigenvalue weighted by Gasteiger charge is 2.23. The fourth-order valence-corrected chi connectivity index (χ4v) is 3.61. The molecule has 0 unspecified atom stereocenters. The third kappa shape index (κ3) is 4.06. The molecule has 1 amide bonds. The zero-order chi connectivity index (χ0) is 20.4. The SMILES string of the molecule is Cc1ccc(C(=O)NCC2CCN(c3nc4ccccc4o3)CC2)cc1[N+](=O)[O-]. The van der Waals surface area contributed by atoms with Crippen LogP contribution in [0, 0.1) is 23.0 Å². The number of rotatable bonds is 5. The van der Waals surface area contributed by atoms with Crippen LogP contribution in [-0.4, -0.2) is 35.4 Å². The number of anilines is 1. The number of aromatic nitrogens is 1. The predicted octanol–water partition coefficient (Wildman–Crippen LogP) is 3.69. The highest BCUT2D eigenvalue weighted by Crippen LogP contribution is 2.26. The predicted molar refractivity (Wildman–Crippen MR) is 109 cm³/mol. The second-order valence-corrected chi connectivity index (χ2v) is 7.36. The summed E-state index contributed by atoms with van der Waals surface area (Å²) >= 11 is 0. The number of benzene rings is 2. The minimum atomic E-state index is -0.464. The molecule has 0 bridgehead atoms. The third-order valence-electron chi connectivity index (χ3n) is 5.39. The van der Waals surface area contributed by atoms with Gasteiger partial charge in [0.25, 0.3) is 17.6 Å². The Morgan fingerprint density at radius 1 is 1.28 bits per heavy atom. The zero-order valence-corrected chi connectivity index (χ0v) is 16.1. The number of hydrogen-bond donors (Lipinski definition) is 1. The van der Waals surface area contributed by atoms with Crippen LogP contribution in [0.2, 0.25) is 0 Å². The highest BCUT2D eigenvalue weighted by molar-refractivity contribution is 5.95. The van der Waals surface area contributed by atoms with Crippen molar-refractivity contribution in [2.75, 3.05) is 24.5 Å². The Balaban J connectivity index is 1.31. The molecule has 3 aromatic rings. The number of hydrogen-bond acceptors (Lipinski definition) is 6. The Bertz CT molecular complexity index is 1020. The van der Waals surface area contributed by atoms with Crippen LogP contribution >= 0.6 is 0 Å². The van der Waals surface area contributed by atoms with E-state index in [4.69, 9.17) is 4.42 Å². The zero-order valence-electron chi connectivity index (χ0n) is 16.1. The number of para-hydroxylation sites is 2. The first kappa shape index (κ1) is 18.9. The van der Waals surface area contributed by atoms with Crippen LogP contribution in [0.25, 0.3) is 11.1 Å². The number of carbonyl (C=O) groups excluding carboxylic acids is 1. The molecule has 0 saturated carbocycles. The van der Waals surface area contributed by atoms with Crippen molar-refractivity contribution in [2.45, 2.75) is 19.8 Å². The van der Waals surface area contributed by atoms with Gasteiger partial charge in [0.15, 0.2) is 5.58 Å². The molecule has 29 heavy (non-hydrogen) atoms. The van der Waals surface area contributed by atoms with E-state index in [1.165, 1.54) is 6.07 Å². The van der Waals surface area contributed by atoms with Gasteiger partial charge in [-0.2, -0.15) is 4.98 Å². The summed E-state index contributed by atoms with van der Waals surface area (Å²) in [5.41, 5.74) is 2.45. The fraction of sp³-hybridized carbons (Fsp3) is 0.333. The molecule has 1 saturated heterocycles. The average Bonchev–Trinajstić information content (AvgIpc) is 3.17. The summed E-state index contributed by atoms with van der Waals surface area (Å²) < 4.78 is 5.83. The lowest BCUT2D eigenvalue weighted by Crippen LogP contribution is -2.38. The van der Waals surface area contributed by atoms with E-state index >= 15 is 0 Å². The maximum absolute atomic E-state index is 12.4. The third-order valence-corrected chi connectivity index (χ3v) is 5.39. The molecular formula is C21H22N4O4. The highest BCUT2D eigenvalue weighted by atomic mass is 16.6. The number of nitrogens with one attached hydrogen (secondary N) is 1. The van der Waals surface area contributed by atoms with Crippen LogP contribution in [0.15, 0.2) is 46.9 Å². The second-order valence-electron chi connectivity index (χ2n) is 7.36. The molecule has 0 atom stereocenters. The molecule has 1 aliphatic rings.